The average molecular weight is 477 g/mol. The summed E-state index contributed by atoms with van der Waals surface area (Å²) in [6.07, 6.45) is 0. The van der Waals surface area contributed by atoms with E-state index in [4.69, 9.17) is 4.74 Å². The maximum atomic E-state index is 13.1. The molecule has 0 atom stereocenters. The number of para-hydroxylation sites is 2. The molecule has 0 aromatic heterocycles. The molecule has 12 heteroatoms. The molecule has 1 aliphatic heterocycles. The highest BCUT2D eigenvalue weighted by molar-refractivity contribution is 7.93. The summed E-state index contributed by atoms with van der Waals surface area (Å²) in [6, 6.07) is 13.9. The van der Waals surface area contributed by atoms with Crippen LogP contribution in [0.15, 0.2) is 76.5 Å². The van der Waals surface area contributed by atoms with Gasteiger partial charge in [0.05, 0.1) is 26.9 Å². The molecule has 3 N–H and O–H groups in total. The molecule has 1 aliphatic rings. The highest BCUT2D eigenvalue weighted by Gasteiger charge is 2.23. The quantitative estimate of drug-likeness (QED) is 0.500. The van der Waals surface area contributed by atoms with Crippen LogP contribution in [0.25, 0.3) is 0 Å². The lowest BCUT2D eigenvalue weighted by Gasteiger charge is -2.19. The molecule has 166 valence electrons. The third-order valence-corrected chi connectivity index (χ3v) is 7.18. The van der Waals surface area contributed by atoms with Gasteiger partial charge in [0.15, 0.2) is 6.61 Å². The number of anilines is 3. The van der Waals surface area contributed by atoms with Crippen molar-refractivity contribution in [1.29, 1.82) is 0 Å². The molecular formula is C20H16FN3O6S2. The monoisotopic (exact) mass is 477 g/mol. The molecular weight excluding hydrogens is 461 g/mol. The van der Waals surface area contributed by atoms with Crippen molar-refractivity contribution >= 4 is 43.0 Å². The molecule has 32 heavy (non-hydrogen) atoms. The normalized spacial score (nSPS) is 13.5. The topological polar surface area (TPSA) is 131 Å². The third kappa shape index (κ3) is 4.50. The van der Waals surface area contributed by atoms with Crippen molar-refractivity contribution in [1.82, 2.24) is 0 Å². The van der Waals surface area contributed by atoms with Gasteiger partial charge in [-0.15, -0.1) is 0 Å². The van der Waals surface area contributed by atoms with Crippen molar-refractivity contribution in [2.75, 3.05) is 21.4 Å². The number of fused-ring (bicyclic) bond motifs is 1. The van der Waals surface area contributed by atoms with E-state index in [2.05, 4.69) is 14.8 Å². The summed E-state index contributed by atoms with van der Waals surface area (Å²) >= 11 is 0. The van der Waals surface area contributed by atoms with E-state index in [9.17, 15) is 26.0 Å². The van der Waals surface area contributed by atoms with E-state index >= 15 is 0 Å². The summed E-state index contributed by atoms with van der Waals surface area (Å²) in [4.78, 5) is 11.1. The summed E-state index contributed by atoms with van der Waals surface area (Å²) in [6.45, 7) is -0.168. The van der Waals surface area contributed by atoms with Gasteiger partial charge < -0.3 is 10.1 Å². The van der Waals surface area contributed by atoms with Crippen LogP contribution in [-0.2, 0) is 24.8 Å². The van der Waals surface area contributed by atoms with Gasteiger partial charge in [0.1, 0.15) is 11.6 Å². The van der Waals surface area contributed by atoms with Crippen molar-refractivity contribution < 1.29 is 30.8 Å². The highest BCUT2D eigenvalue weighted by Crippen LogP contribution is 2.32. The zero-order valence-corrected chi connectivity index (χ0v) is 17.8. The fourth-order valence-corrected chi connectivity index (χ4v) is 5.10. The second-order valence-corrected chi connectivity index (χ2v) is 10.1. The summed E-state index contributed by atoms with van der Waals surface area (Å²) in [5, 5.41) is 2.53. The Morgan fingerprint density at radius 3 is 2.00 bits per heavy atom. The Hall–Kier alpha value is -3.64. The maximum absolute atomic E-state index is 13.1. The minimum atomic E-state index is -4.15. The fraction of sp³-hybridized carbons (Fsp3) is 0.0500. The molecule has 0 fully saturated rings. The molecule has 1 heterocycles. The lowest BCUT2D eigenvalue weighted by Crippen LogP contribution is -2.25. The van der Waals surface area contributed by atoms with Crippen LogP contribution in [-0.4, -0.2) is 29.3 Å². The van der Waals surface area contributed by atoms with Gasteiger partial charge in [-0.2, -0.15) is 0 Å². The Morgan fingerprint density at radius 2 is 1.38 bits per heavy atom. The first kappa shape index (κ1) is 21.6. The molecule has 0 spiro atoms. The second-order valence-electron chi connectivity index (χ2n) is 6.71. The lowest BCUT2D eigenvalue weighted by atomic mass is 10.2. The van der Waals surface area contributed by atoms with Gasteiger partial charge in [-0.05, 0) is 54.6 Å². The second kappa shape index (κ2) is 8.13. The maximum Gasteiger partial charge on any atom is 0.262 e. The zero-order chi connectivity index (χ0) is 22.9. The largest absolute Gasteiger partial charge is 0.482 e. The van der Waals surface area contributed by atoms with Crippen molar-refractivity contribution in [2.24, 2.45) is 0 Å². The number of rotatable bonds is 6. The Bertz CT molecular complexity index is 1410. The molecule has 0 bridgehead atoms. The van der Waals surface area contributed by atoms with Gasteiger partial charge in [0.25, 0.3) is 26.0 Å². The number of hydrogen-bond donors (Lipinski definition) is 3. The van der Waals surface area contributed by atoms with Gasteiger partial charge in [-0.3, -0.25) is 14.2 Å². The van der Waals surface area contributed by atoms with Crippen molar-refractivity contribution in [2.45, 2.75) is 9.79 Å². The van der Waals surface area contributed by atoms with Crippen LogP contribution in [0.1, 0.15) is 0 Å². The molecule has 0 saturated carbocycles. The fourth-order valence-electron chi connectivity index (χ4n) is 2.91. The van der Waals surface area contributed by atoms with Crippen molar-refractivity contribution in [3.05, 3.63) is 72.5 Å². The standard InChI is InChI=1S/C20H16FN3O6S2/c21-13-5-7-14(8-6-13)31(26,27)23-16-3-1-2-4-17(16)24-32(28,29)15-9-10-19-18(11-15)22-20(25)12-30-19/h1-11,23-24H,12H2,(H,22,25). The van der Waals surface area contributed by atoms with Crippen molar-refractivity contribution in [3.63, 3.8) is 0 Å². The van der Waals surface area contributed by atoms with E-state index in [1.165, 1.54) is 42.5 Å². The minimum absolute atomic E-state index is 0.0313. The number of benzene rings is 3. The summed E-state index contributed by atoms with van der Waals surface area (Å²) < 4.78 is 74.0. The van der Waals surface area contributed by atoms with Crippen LogP contribution in [0.4, 0.5) is 21.5 Å². The van der Waals surface area contributed by atoms with Crippen molar-refractivity contribution in [3.8, 4) is 5.75 Å². The number of halogens is 1. The van der Waals surface area contributed by atoms with Crippen LogP contribution in [0, 0.1) is 5.82 Å². The smallest absolute Gasteiger partial charge is 0.262 e. The van der Waals surface area contributed by atoms with Crippen LogP contribution in [0.2, 0.25) is 0 Å². The number of carbonyl (C=O) groups is 1. The zero-order valence-electron chi connectivity index (χ0n) is 16.2. The van der Waals surface area contributed by atoms with E-state index in [0.29, 0.717) is 5.75 Å². The molecule has 0 unspecified atom stereocenters. The first-order valence-corrected chi connectivity index (χ1v) is 12.1. The van der Waals surface area contributed by atoms with Crippen LogP contribution in [0.5, 0.6) is 5.75 Å². The highest BCUT2D eigenvalue weighted by atomic mass is 32.2. The van der Waals surface area contributed by atoms with Crippen LogP contribution in [0.3, 0.4) is 0 Å². The van der Waals surface area contributed by atoms with Gasteiger partial charge in [-0.1, -0.05) is 12.1 Å². The van der Waals surface area contributed by atoms with Crippen LogP contribution >= 0.6 is 0 Å². The minimum Gasteiger partial charge on any atom is -0.482 e. The third-order valence-electron chi connectivity index (χ3n) is 4.43. The molecule has 9 nitrogen and oxygen atoms in total. The molecule has 0 radical (unpaired) electrons. The number of amides is 1. The van der Waals surface area contributed by atoms with Gasteiger partial charge in [0.2, 0.25) is 0 Å². The molecule has 4 rings (SSSR count). The Kier molecular flexibility index (Phi) is 5.48. The summed E-state index contributed by atoms with van der Waals surface area (Å²) in [5.74, 6) is -0.680. The SMILES string of the molecule is O=C1COc2ccc(S(=O)(=O)Nc3ccccc3NS(=O)(=O)c3ccc(F)cc3)cc2N1. The molecule has 3 aromatic rings. The Labute approximate surface area is 183 Å². The van der Waals surface area contributed by atoms with E-state index in [1.807, 2.05) is 0 Å². The van der Waals surface area contributed by atoms with E-state index in [-0.39, 0.29) is 33.5 Å². The van der Waals surface area contributed by atoms with Gasteiger partial charge in [-0.25, -0.2) is 21.2 Å². The number of sulfonamides is 2. The molecule has 3 aromatic carbocycles. The average Bonchev–Trinajstić information content (AvgIpc) is 2.74. The van der Waals surface area contributed by atoms with E-state index in [1.54, 1.807) is 0 Å². The predicted octanol–water partition coefficient (Wildman–Crippen LogP) is 2.76. The first-order valence-electron chi connectivity index (χ1n) is 9.11. The van der Waals surface area contributed by atoms with Gasteiger partial charge in [0, 0.05) is 0 Å². The van der Waals surface area contributed by atoms with Gasteiger partial charge >= 0.3 is 0 Å². The Morgan fingerprint density at radius 1 is 0.812 bits per heavy atom. The molecule has 1 amide bonds. The predicted molar refractivity (Wildman–Crippen MR) is 115 cm³/mol. The van der Waals surface area contributed by atoms with E-state index in [0.717, 1.165) is 24.3 Å². The molecule has 0 saturated heterocycles. The Balaban J connectivity index is 1.62. The van der Waals surface area contributed by atoms with E-state index < -0.39 is 31.8 Å². The number of carbonyl (C=O) groups excluding carboxylic acids is 1. The molecule has 0 aliphatic carbocycles. The number of nitrogens with one attached hydrogen (secondary N) is 3. The summed E-state index contributed by atoms with van der Waals surface area (Å²) in [5.41, 5.74) is 0.139. The van der Waals surface area contributed by atoms with Crippen LogP contribution < -0.4 is 19.5 Å². The summed E-state index contributed by atoms with van der Waals surface area (Å²) in [7, 11) is -8.26. The lowest BCUT2D eigenvalue weighted by molar-refractivity contribution is -0.118. The first-order chi connectivity index (χ1) is 15.1. The number of ether oxygens (including phenoxy) is 1. The number of hydrogen-bond acceptors (Lipinski definition) is 6.